The third-order valence-corrected chi connectivity index (χ3v) is 6.59. The maximum atomic E-state index is 13.0. The summed E-state index contributed by atoms with van der Waals surface area (Å²) in [6.07, 6.45) is 2.93. The summed E-state index contributed by atoms with van der Waals surface area (Å²) < 4.78 is 5.35. The molecule has 2 aromatic carbocycles. The molecule has 33 heavy (non-hydrogen) atoms. The Hall–Kier alpha value is -3.06. The molecular weight excluding hydrogens is 416 g/mol. The van der Waals surface area contributed by atoms with Crippen molar-refractivity contribution in [2.24, 2.45) is 0 Å². The number of piperazine rings is 1. The van der Waals surface area contributed by atoms with Gasteiger partial charge in [-0.15, -0.1) is 0 Å². The van der Waals surface area contributed by atoms with Crippen LogP contribution in [0.3, 0.4) is 0 Å². The minimum absolute atomic E-state index is 0.00368. The summed E-state index contributed by atoms with van der Waals surface area (Å²) in [7, 11) is 1.68. The van der Waals surface area contributed by atoms with Crippen molar-refractivity contribution in [2.45, 2.75) is 26.2 Å². The van der Waals surface area contributed by atoms with Crippen molar-refractivity contribution in [2.75, 3.05) is 63.1 Å². The molecule has 1 saturated heterocycles. The number of anilines is 2. The van der Waals surface area contributed by atoms with E-state index >= 15 is 0 Å². The van der Waals surface area contributed by atoms with Crippen molar-refractivity contribution in [3.63, 3.8) is 0 Å². The van der Waals surface area contributed by atoms with Crippen LogP contribution in [0.5, 0.6) is 5.75 Å². The summed E-state index contributed by atoms with van der Waals surface area (Å²) in [6.45, 7) is 6.45. The number of fused-ring (bicyclic) bond motifs is 1. The fourth-order valence-corrected chi connectivity index (χ4v) is 4.70. The number of carbonyl (C=O) groups excluding carboxylic acids is 2. The Morgan fingerprint density at radius 2 is 1.79 bits per heavy atom. The molecule has 0 saturated carbocycles. The number of ether oxygens (including phenoxy) is 1. The molecule has 1 fully saturated rings. The zero-order chi connectivity index (χ0) is 23.2. The predicted octanol–water partition coefficient (Wildman–Crippen LogP) is 2.79. The predicted molar refractivity (Wildman–Crippen MR) is 131 cm³/mol. The smallest absolute Gasteiger partial charge is 0.242 e. The van der Waals surface area contributed by atoms with Gasteiger partial charge >= 0.3 is 0 Å². The second-order valence-electron chi connectivity index (χ2n) is 8.74. The topological polar surface area (TPSA) is 65.1 Å². The Bertz CT molecular complexity index is 985. The monoisotopic (exact) mass is 450 g/mol. The standard InChI is InChI=1S/C26H34N4O3/c1-3-20-7-4-5-9-23(20)27-25(31)18-28-13-15-29(16-14-28)26(32)19-30-12-6-8-21-17-22(33-2)10-11-24(21)30/h4-5,7,9-11,17H,3,6,8,12-16,18-19H2,1-2H3,(H,27,31). The molecule has 0 aliphatic carbocycles. The van der Waals surface area contributed by atoms with Crippen LogP contribution in [0.1, 0.15) is 24.5 Å². The molecule has 2 heterocycles. The number of nitrogens with zero attached hydrogens (tertiary/aromatic N) is 3. The summed E-state index contributed by atoms with van der Waals surface area (Å²) >= 11 is 0. The van der Waals surface area contributed by atoms with Crippen LogP contribution in [-0.4, -0.2) is 74.5 Å². The van der Waals surface area contributed by atoms with E-state index in [0.717, 1.165) is 48.5 Å². The molecule has 176 valence electrons. The largest absolute Gasteiger partial charge is 0.497 e. The van der Waals surface area contributed by atoms with Crippen LogP contribution in [0.2, 0.25) is 0 Å². The minimum atomic E-state index is -0.00368. The Labute approximate surface area is 196 Å². The fourth-order valence-electron chi connectivity index (χ4n) is 4.70. The molecule has 0 atom stereocenters. The summed E-state index contributed by atoms with van der Waals surface area (Å²) in [4.78, 5) is 31.8. The number of aryl methyl sites for hydroxylation is 2. The molecule has 0 unspecified atom stereocenters. The molecule has 7 heteroatoms. The Balaban J connectivity index is 1.26. The lowest BCUT2D eigenvalue weighted by molar-refractivity contribution is -0.131. The van der Waals surface area contributed by atoms with Crippen LogP contribution in [0, 0.1) is 0 Å². The van der Waals surface area contributed by atoms with Gasteiger partial charge in [0.2, 0.25) is 11.8 Å². The first-order valence-corrected chi connectivity index (χ1v) is 11.9. The third-order valence-electron chi connectivity index (χ3n) is 6.59. The molecule has 0 radical (unpaired) electrons. The van der Waals surface area contributed by atoms with E-state index in [1.165, 1.54) is 5.56 Å². The maximum Gasteiger partial charge on any atom is 0.242 e. The van der Waals surface area contributed by atoms with E-state index in [-0.39, 0.29) is 11.8 Å². The number of hydrogen-bond acceptors (Lipinski definition) is 5. The highest BCUT2D eigenvalue weighted by Crippen LogP contribution is 2.30. The van der Waals surface area contributed by atoms with E-state index in [1.807, 2.05) is 35.2 Å². The molecule has 1 N–H and O–H groups in total. The number of nitrogens with one attached hydrogen (secondary N) is 1. The van der Waals surface area contributed by atoms with Gasteiger partial charge in [-0.1, -0.05) is 25.1 Å². The lowest BCUT2D eigenvalue weighted by atomic mass is 10.0. The van der Waals surface area contributed by atoms with E-state index < -0.39 is 0 Å². The van der Waals surface area contributed by atoms with Gasteiger partial charge in [-0.05, 0) is 54.7 Å². The van der Waals surface area contributed by atoms with Gasteiger partial charge in [-0.25, -0.2) is 0 Å². The van der Waals surface area contributed by atoms with Gasteiger partial charge in [0.25, 0.3) is 0 Å². The normalized spacial score (nSPS) is 16.3. The zero-order valence-electron chi connectivity index (χ0n) is 19.7. The second-order valence-corrected chi connectivity index (χ2v) is 8.74. The molecule has 2 amide bonds. The van der Waals surface area contributed by atoms with Crippen LogP contribution >= 0.6 is 0 Å². The minimum Gasteiger partial charge on any atom is -0.497 e. The fraction of sp³-hybridized carbons (Fsp3) is 0.462. The van der Waals surface area contributed by atoms with Crippen molar-refractivity contribution >= 4 is 23.2 Å². The highest BCUT2D eigenvalue weighted by Gasteiger charge is 2.26. The number of rotatable bonds is 7. The molecule has 7 nitrogen and oxygen atoms in total. The van der Waals surface area contributed by atoms with Gasteiger partial charge in [0.15, 0.2) is 0 Å². The Morgan fingerprint density at radius 1 is 1.00 bits per heavy atom. The van der Waals surface area contributed by atoms with Gasteiger partial charge < -0.3 is 19.9 Å². The molecule has 2 aliphatic rings. The number of para-hydroxylation sites is 1. The summed E-state index contributed by atoms with van der Waals surface area (Å²) in [5.41, 5.74) is 4.41. The summed E-state index contributed by atoms with van der Waals surface area (Å²) in [6, 6.07) is 14.0. The van der Waals surface area contributed by atoms with Crippen molar-refractivity contribution in [3.8, 4) is 5.75 Å². The lowest BCUT2D eigenvalue weighted by Gasteiger charge is -2.37. The summed E-state index contributed by atoms with van der Waals surface area (Å²) in [5, 5.41) is 3.04. The zero-order valence-corrected chi connectivity index (χ0v) is 19.7. The van der Waals surface area contributed by atoms with Gasteiger partial charge in [0.05, 0.1) is 20.2 Å². The van der Waals surface area contributed by atoms with Crippen LogP contribution in [0.4, 0.5) is 11.4 Å². The molecule has 2 aromatic rings. The number of carbonyl (C=O) groups is 2. The van der Waals surface area contributed by atoms with E-state index in [0.29, 0.717) is 39.3 Å². The number of methoxy groups -OCH3 is 1. The van der Waals surface area contributed by atoms with Crippen molar-refractivity contribution in [3.05, 3.63) is 53.6 Å². The van der Waals surface area contributed by atoms with E-state index in [9.17, 15) is 9.59 Å². The van der Waals surface area contributed by atoms with Gasteiger partial charge in [-0.3, -0.25) is 14.5 Å². The molecular formula is C26H34N4O3. The number of amides is 2. The van der Waals surface area contributed by atoms with Gasteiger partial charge in [0, 0.05) is 44.1 Å². The third kappa shape index (κ3) is 5.66. The molecule has 0 bridgehead atoms. The number of benzene rings is 2. The number of hydrogen-bond donors (Lipinski definition) is 1. The van der Waals surface area contributed by atoms with E-state index in [4.69, 9.17) is 4.74 Å². The average Bonchev–Trinajstić information content (AvgIpc) is 2.84. The SMILES string of the molecule is CCc1ccccc1NC(=O)CN1CCN(C(=O)CN2CCCc3cc(OC)ccc32)CC1. The Kier molecular flexibility index (Phi) is 7.50. The first kappa shape index (κ1) is 23.1. The molecule has 0 aromatic heterocycles. The van der Waals surface area contributed by atoms with Crippen molar-refractivity contribution < 1.29 is 14.3 Å². The molecule has 2 aliphatic heterocycles. The molecule has 0 spiro atoms. The highest BCUT2D eigenvalue weighted by atomic mass is 16.5. The maximum absolute atomic E-state index is 13.0. The highest BCUT2D eigenvalue weighted by molar-refractivity contribution is 5.93. The van der Waals surface area contributed by atoms with Crippen LogP contribution in [-0.2, 0) is 22.4 Å². The van der Waals surface area contributed by atoms with Crippen molar-refractivity contribution in [1.82, 2.24) is 9.80 Å². The lowest BCUT2D eigenvalue weighted by Crippen LogP contribution is -2.52. The van der Waals surface area contributed by atoms with E-state index in [2.05, 4.69) is 34.2 Å². The molecule has 4 rings (SSSR count). The quantitative estimate of drug-likeness (QED) is 0.703. The van der Waals surface area contributed by atoms with Crippen LogP contribution in [0.15, 0.2) is 42.5 Å². The first-order chi connectivity index (χ1) is 16.1. The summed E-state index contributed by atoms with van der Waals surface area (Å²) in [5.74, 6) is 1.01. The van der Waals surface area contributed by atoms with Gasteiger partial charge in [0.1, 0.15) is 5.75 Å². The van der Waals surface area contributed by atoms with Crippen molar-refractivity contribution in [1.29, 1.82) is 0 Å². The second kappa shape index (κ2) is 10.7. The van der Waals surface area contributed by atoms with Gasteiger partial charge in [-0.2, -0.15) is 0 Å². The average molecular weight is 451 g/mol. The van der Waals surface area contributed by atoms with E-state index in [1.54, 1.807) is 7.11 Å². The Morgan fingerprint density at radius 3 is 2.55 bits per heavy atom. The first-order valence-electron chi connectivity index (χ1n) is 11.9. The van der Waals surface area contributed by atoms with Crippen LogP contribution in [0.25, 0.3) is 0 Å². The van der Waals surface area contributed by atoms with Crippen LogP contribution < -0.4 is 15.0 Å².